The summed E-state index contributed by atoms with van der Waals surface area (Å²) in [5, 5.41) is 4.01. The molecule has 1 heterocycles. The van der Waals surface area contributed by atoms with Gasteiger partial charge in [0, 0.05) is 6.04 Å². The van der Waals surface area contributed by atoms with Crippen molar-refractivity contribution >= 4 is 0 Å². The van der Waals surface area contributed by atoms with Gasteiger partial charge in [-0.15, -0.1) is 0 Å². The van der Waals surface area contributed by atoms with Gasteiger partial charge in [0.25, 0.3) is 0 Å². The summed E-state index contributed by atoms with van der Waals surface area (Å²) in [4.78, 5) is 3.98. The normalized spacial score (nSPS) is 10.8. The van der Waals surface area contributed by atoms with E-state index in [0.29, 0.717) is 12.6 Å². The maximum atomic E-state index is 5.41. The fraction of sp³-hybridized carbons (Fsp3) is 0.667. The molecule has 0 atom stereocenters. The van der Waals surface area contributed by atoms with E-state index in [9.17, 15) is 0 Å². The first-order valence-corrected chi connectivity index (χ1v) is 3.34. The number of hydrogen-bond acceptors (Lipinski definition) is 3. The van der Waals surface area contributed by atoms with Crippen molar-refractivity contribution in [3.63, 3.8) is 0 Å². The van der Waals surface area contributed by atoms with Crippen LogP contribution in [-0.2, 0) is 6.54 Å². The van der Waals surface area contributed by atoms with Gasteiger partial charge in [-0.1, -0.05) is 0 Å². The molecular weight excluding hydrogens is 128 g/mol. The molecule has 10 heavy (non-hydrogen) atoms. The van der Waals surface area contributed by atoms with E-state index >= 15 is 0 Å². The summed E-state index contributed by atoms with van der Waals surface area (Å²) in [5.41, 5.74) is 5.41. The minimum absolute atomic E-state index is 0.348. The Balaban J connectivity index is 2.90. The second kappa shape index (κ2) is 2.79. The van der Waals surface area contributed by atoms with E-state index in [-0.39, 0.29) is 0 Å². The molecule has 56 valence electrons. The Labute approximate surface area is 60.1 Å². The highest BCUT2D eigenvalue weighted by atomic mass is 15.3. The quantitative estimate of drug-likeness (QED) is 0.643. The monoisotopic (exact) mass is 140 g/mol. The van der Waals surface area contributed by atoms with Crippen molar-refractivity contribution in [2.75, 3.05) is 0 Å². The molecule has 2 N–H and O–H groups in total. The highest BCUT2D eigenvalue weighted by Crippen LogP contribution is 2.03. The first-order chi connectivity index (χ1) is 4.75. The predicted molar refractivity (Wildman–Crippen MR) is 38.3 cm³/mol. The third-order valence-electron chi connectivity index (χ3n) is 1.32. The molecule has 1 rings (SSSR count). The summed E-state index contributed by atoms with van der Waals surface area (Å²) in [5.74, 6) is 0.843. The summed E-state index contributed by atoms with van der Waals surface area (Å²) in [6.07, 6.45) is 1.53. The third-order valence-corrected chi connectivity index (χ3v) is 1.32. The summed E-state index contributed by atoms with van der Waals surface area (Å²) in [6.45, 7) is 4.56. The summed E-state index contributed by atoms with van der Waals surface area (Å²) >= 11 is 0. The van der Waals surface area contributed by atoms with Crippen LogP contribution in [0.15, 0.2) is 6.33 Å². The Bertz CT molecular complexity index is 203. The Morgan fingerprint density at radius 2 is 2.40 bits per heavy atom. The fourth-order valence-electron chi connectivity index (χ4n) is 0.852. The van der Waals surface area contributed by atoms with Crippen LogP contribution in [0.2, 0.25) is 0 Å². The molecular formula is C6H12N4. The molecule has 0 aliphatic carbocycles. The number of hydrogen-bond donors (Lipinski definition) is 1. The lowest BCUT2D eigenvalue weighted by atomic mass is 10.4. The lowest BCUT2D eigenvalue weighted by molar-refractivity contribution is 0.506. The second-order valence-electron chi connectivity index (χ2n) is 2.42. The third kappa shape index (κ3) is 1.16. The average Bonchev–Trinajstić information content (AvgIpc) is 2.33. The predicted octanol–water partition coefficient (Wildman–Crippen LogP) is 0.318. The van der Waals surface area contributed by atoms with Gasteiger partial charge in [0.2, 0.25) is 0 Å². The molecule has 0 unspecified atom stereocenters. The van der Waals surface area contributed by atoms with E-state index in [1.807, 2.05) is 18.5 Å². The Kier molecular flexibility index (Phi) is 2.01. The van der Waals surface area contributed by atoms with Crippen molar-refractivity contribution < 1.29 is 0 Å². The lowest BCUT2D eigenvalue weighted by Gasteiger charge is -2.06. The average molecular weight is 140 g/mol. The Morgan fingerprint density at radius 1 is 1.70 bits per heavy atom. The summed E-state index contributed by atoms with van der Waals surface area (Å²) in [6, 6.07) is 0.348. The Morgan fingerprint density at radius 3 is 2.80 bits per heavy atom. The molecule has 0 bridgehead atoms. The van der Waals surface area contributed by atoms with E-state index in [1.165, 1.54) is 6.33 Å². The standard InChI is InChI=1S/C6H12N4/c1-5(2)10-6(3-7)8-4-9-10/h4-5H,3,7H2,1-2H3. The topological polar surface area (TPSA) is 56.7 Å². The molecule has 0 aromatic carbocycles. The van der Waals surface area contributed by atoms with Crippen molar-refractivity contribution in [3.05, 3.63) is 12.2 Å². The highest BCUT2D eigenvalue weighted by Gasteiger charge is 2.03. The second-order valence-corrected chi connectivity index (χ2v) is 2.42. The van der Waals surface area contributed by atoms with Crippen LogP contribution in [0.25, 0.3) is 0 Å². The zero-order chi connectivity index (χ0) is 7.56. The van der Waals surface area contributed by atoms with Crippen LogP contribution < -0.4 is 5.73 Å². The fourth-order valence-corrected chi connectivity index (χ4v) is 0.852. The SMILES string of the molecule is CC(C)n1ncnc1CN. The van der Waals surface area contributed by atoms with Crippen molar-refractivity contribution in [2.45, 2.75) is 26.4 Å². The van der Waals surface area contributed by atoms with Crippen LogP contribution >= 0.6 is 0 Å². The molecule has 0 radical (unpaired) electrons. The van der Waals surface area contributed by atoms with E-state index in [4.69, 9.17) is 5.73 Å². The van der Waals surface area contributed by atoms with E-state index in [2.05, 4.69) is 10.1 Å². The van der Waals surface area contributed by atoms with Crippen LogP contribution in [0.3, 0.4) is 0 Å². The molecule has 1 aromatic rings. The van der Waals surface area contributed by atoms with Crippen LogP contribution in [0.5, 0.6) is 0 Å². The van der Waals surface area contributed by atoms with Crippen LogP contribution in [0.1, 0.15) is 25.7 Å². The molecule has 0 aliphatic rings. The van der Waals surface area contributed by atoms with Gasteiger partial charge in [0.1, 0.15) is 12.2 Å². The maximum Gasteiger partial charge on any atom is 0.140 e. The minimum atomic E-state index is 0.348. The first-order valence-electron chi connectivity index (χ1n) is 3.34. The molecule has 4 heteroatoms. The molecule has 4 nitrogen and oxygen atoms in total. The largest absolute Gasteiger partial charge is 0.324 e. The highest BCUT2D eigenvalue weighted by molar-refractivity contribution is 4.84. The van der Waals surface area contributed by atoms with Crippen molar-refractivity contribution in [1.82, 2.24) is 14.8 Å². The molecule has 0 fully saturated rings. The number of aromatic nitrogens is 3. The van der Waals surface area contributed by atoms with Gasteiger partial charge >= 0.3 is 0 Å². The van der Waals surface area contributed by atoms with Gasteiger partial charge in [-0.25, -0.2) is 9.67 Å². The van der Waals surface area contributed by atoms with E-state index in [0.717, 1.165) is 5.82 Å². The summed E-state index contributed by atoms with van der Waals surface area (Å²) < 4.78 is 1.82. The summed E-state index contributed by atoms with van der Waals surface area (Å²) in [7, 11) is 0. The zero-order valence-corrected chi connectivity index (χ0v) is 6.28. The smallest absolute Gasteiger partial charge is 0.140 e. The van der Waals surface area contributed by atoms with Crippen molar-refractivity contribution in [3.8, 4) is 0 Å². The van der Waals surface area contributed by atoms with E-state index in [1.54, 1.807) is 0 Å². The number of nitrogens with two attached hydrogens (primary N) is 1. The van der Waals surface area contributed by atoms with Gasteiger partial charge in [-0.05, 0) is 13.8 Å². The molecule has 0 saturated heterocycles. The van der Waals surface area contributed by atoms with Gasteiger partial charge in [0.05, 0.1) is 6.54 Å². The molecule has 0 amide bonds. The molecule has 0 spiro atoms. The van der Waals surface area contributed by atoms with E-state index < -0.39 is 0 Å². The van der Waals surface area contributed by atoms with Crippen LogP contribution in [0, 0.1) is 0 Å². The van der Waals surface area contributed by atoms with Gasteiger partial charge < -0.3 is 5.73 Å². The number of nitrogens with zero attached hydrogens (tertiary/aromatic N) is 3. The van der Waals surface area contributed by atoms with Gasteiger partial charge in [-0.3, -0.25) is 0 Å². The maximum absolute atomic E-state index is 5.41. The molecule has 0 aliphatic heterocycles. The lowest BCUT2D eigenvalue weighted by Crippen LogP contribution is -2.11. The van der Waals surface area contributed by atoms with Gasteiger partial charge in [0.15, 0.2) is 0 Å². The van der Waals surface area contributed by atoms with Crippen LogP contribution in [-0.4, -0.2) is 14.8 Å². The van der Waals surface area contributed by atoms with Crippen LogP contribution in [0.4, 0.5) is 0 Å². The molecule has 0 saturated carbocycles. The Hall–Kier alpha value is -0.900. The first kappa shape index (κ1) is 7.21. The number of rotatable bonds is 2. The minimum Gasteiger partial charge on any atom is -0.324 e. The van der Waals surface area contributed by atoms with Crippen molar-refractivity contribution in [2.24, 2.45) is 5.73 Å². The zero-order valence-electron chi connectivity index (χ0n) is 6.28. The van der Waals surface area contributed by atoms with Crippen molar-refractivity contribution in [1.29, 1.82) is 0 Å². The molecule has 1 aromatic heterocycles. The van der Waals surface area contributed by atoms with Gasteiger partial charge in [-0.2, -0.15) is 5.10 Å².